The van der Waals surface area contributed by atoms with Crippen LogP contribution in [0.4, 0.5) is 0 Å². The summed E-state index contributed by atoms with van der Waals surface area (Å²) in [5.74, 6) is 2.15. The Morgan fingerprint density at radius 1 is 0.737 bits per heavy atom. The average molecular weight is 579 g/mol. The van der Waals surface area contributed by atoms with Crippen molar-refractivity contribution in [1.82, 2.24) is 5.32 Å². The summed E-state index contributed by atoms with van der Waals surface area (Å²) in [4.78, 5) is 23.5. The van der Waals surface area contributed by atoms with Crippen molar-refractivity contribution >= 4 is 33.4 Å². The van der Waals surface area contributed by atoms with E-state index < -0.39 is 0 Å². The fraction of sp³-hybridized carbons (Fsp3) is 0.933. The van der Waals surface area contributed by atoms with Gasteiger partial charge in [-0.2, -0.15) is 0 Å². The Hall–Kier alpha value is -0.440. The molecule has 0 bridgehead atoms. The second-order valence-electron chi connectivity index (χ2n) is 11.5. The first kappa shape index (κ1) is 39.7. The van der Waals surface area contributed by atoms with Crippen molar-refractivity contribution < 1.29 is 19.0 Å². The van der Waals surface area contributed by atoms with Crippen LogP contribution in [0.5, 0.6) is 0 Å². The van der Waals surface area contributed by atoms with E-state index >= 15 is 0 Å². The van der Waals surface area contributed by atoms with Crippen molar-refractivity contribution in [2.75, 3.05) is 65.9 Å². The number of nitrogens with one attached hydrogen (secondary N) is 2. The third-order valence-electron chi connectivity index (χ3n) is 6.59. The van der Waals surface area contributed by atoms with Crippen molar-refractivity contribution in [1.29, 1.82) is 0 Å². The topological polar surface area (TPSA) is 76.6 Å². The third-order valence-corrected chi connectivity index (χ3v) is 9.07. The summed E-state index contributed by atoms with van der Waals surface area (Å²) in [5.41, 5.74) is 5.20. The molecule has 0 saturated heterocycles. The summed E-state index contributed by atoms with van der Waals surface area (Å²) in [6.07, 6.45) is 19.9. The van der Waals surface area contributed by atoms with Gasteiger partial charge in [0, 0.05) is 43.7 Å². The minimum atomic E-state index is -0.171. The second kappa shape index (κ2) is 29.5. The Bertz CT molecular complexity index is 534. The number of nitrogens with zero attached hydrogens (tertiary/aromatic N) is 1. The molecule has 0 aromatic carbocycles. The molecule has 228 valence electrons. The Balaban J connectivity index is 0. The summed E-state index contributed by atoms with van der Waals surface area (Å²) < 4.78 is 1.02. The highest BCUT2D eigenvalue weighted by molar-refractivity contribution is 8.76. The number of primary amides is 1. The monoisotopic (exact) mass is 578 g/mol. The smallest absolute Gasteiger partial charge is 0.220 e. The molecule has 0 saturated carbocycles. The number of quaternary nitrogens is 2. The van der Waals surface area contributed by atoms with Crippen molar-refractivity contribution in [3.05, 3.63) is 0 Å². The molecule has 0 aliphatic rings. The van der Waals surface area contributed by atoms with Gasteiger partial charge in [0.05, 0.1) is 47.8 Å². The molecule has 0 spiro atoms. The molecule has 6 nitrogen and oxygen atoms in total. The highest BCUT2D eigenvalue weighted by Crippen LogP contribution is 2.19. The van der Waals surface area contributed by atoms with Crippen LogP contribution in [-0.4, -0.2) is 82.2 Å². The van der Waals surface area contributed by atoms with Crippen LogP contribution in [0, 0.1) is 0 Å². The number of unbranched alkanes of at least 4 members (excludes halogenated alkanes) is 11. The summed E-state index contributed by atoms with van der Waals surface area (Å²) in [6, 6.07) is 0. The zero-order valence-corrected chi connectivity index (χ0v) is 27.8. The Kier molecular flexibility index (Phi) is 30.9. The highest BCUT2D eigenvalue weighted by atomic mass is 33.1. The number of nitrogens with two attached hydrogens (primary N) is 1. The molecule has 0 heterocycles. The van der Waals surface area contributed by atoms with Gasteiger partial charge in [-0.15, -0.1) is 0 Å². The van der Waals surface area contributed by atoms with E-state index in [1.165, 1.54) is 88.5 Å². The van der Waals surface area contributed by atoms with Gasteiger partial charge in [-0.3, -0.25) is 9.59 Å². The molecule has 38 heavy (non-hydrogen) atoms. The first-order valence-electron chi connectivity index (χ1n) is 15.5. The number of amides is 2. The van der Waals surface area contributed by atoms with Crippen LogP contribution in [-0.2, 0) is 9.59 Å². The number of hydrogen-bond acceptors (Lipinski definition) is 4. The molecule has 8 heteroatoms. The van der Waals surface area contributed by atoms with Gasteiger partial charge in [-0.25, -0.2) is 0 Å². The Morgan fingerprint density at radius 2 is 1.26 bits per heavy atom. The zero-order chi connectivity index (χ0) is 28.9. The maximum Gasteiger partial charge on any atom is 0.220 e. The Labute approximate surface area is 245 Å². The van der Waals surface area contributed by atoms with Crippen LogP contribution >= 0.6 is 21.6 Å². The summed E-state index contributed by atoms with van der Waals surface area (Å²) in [7, 11) is 12.4. The summed E-state index contributed by atoms with van der Waals surface area (Å²) in [5, 5.41) is 2.93. The predicted molar refractivity (Wildman–Crippen MR) is 172 cm³/mol. The van der Waals surface area contributed by atoms with E-state index in [9.17, 15) is 9.59 Å². The molecular weight excluding hydrogens is 512 g/mol. The summed E-state index contributed by atoms with van der Waals surface area (Å²) in [6.45, 7) is 8.55. The molecule has 0 aliphatic heterocycles. The van der Waals surface area contributed by atoms with Crippen LogP contribution in [0.1, 0.15) is 117 Å². The maximum absolute atomic E-state index is 11.3. The van der Waals surface area contributed by atoms with Gasteiger partial charge in [-0.1, -0.05) is 99.6 Å². The van der Waals surface area contributed by atoms with E-state index in [0.717, 1.165) is 48.5 Å². The van der Waals surface area contributed by atoms with Crippen molar-refractivity contribution in [3.8, 4) is 0 Å². The van der Waals surface area contributed by atoms with E-state index in [1.54, 1.807) is 0 Å². The number of rotatable bonds is 26. The molecule has 4 N–H and O–H groups in total. The number of carbonyl (C=O) groups excluding carboxylic acids is 2. The van der Waals surface area contributed by atoms with Crippen molar-refractivity contribution in [2.24, 2.45) is 5.73 Å². The largest absolute Gasteiger partial charge is 0.370 e. The quantitative estimate of drug-likeness (QED) is 0.0724. The third kappa shape index (κ3) is 35.6. The second-order valence-corrected chi connectivity index (χ2v) is 14.4. The molecule has 0 aliphatic carbocycles. The molecular formula is C30H66N4O2S2+2. The van der Waals surface area contributed by atoms with Gasteiger partial charge in [0.2, 0.25) is 11.8 Å². The van der Waals surface area contributed by atoms with E-state index in [-0.39, 0.29) is 11.8 Å². The molecule has 0 radical (unpaired) electrons. The van der Waals surface area contributed by atoms with Crippen LogP contribution < -0.4 is 16.0 Å². The van der Waals surface area contributed by atoms with Gasteiger partial charge in [0.15, 0.2) is 0 Å². The minimum absolute atomic E-state index is 0.171. The fourth-order valence-electron chi connectivity index (χ4n) is 4.24. The molecule has 0 aromatic heterocycles. The lowest BCUT2D eigenvalue weighted by molar-refractivity contribution is -0.890. The van der Waals surface area contributed by atoms with E-state index in [1.807, 2.05) is 21.6 Å². The minimum Gasteiger partial charge on any atom is -0.370 e. The SMILES string of the molecule is CCCCCCCCCCCCCC[N+](C)(C)CCCC(N)=O.CCSSCCNC(=O)CCC[NH+](C)C. The van der Waals surface area contributed by atoms with Gasteiger partial charge < -0.3 is 20.4 Å². The molecule has 0 aromatic rings. The number of carbonyl (C=O) groups is 2. The number of hydrogen-bond donors (Lipinski definition) is 3. The Morgan fingerprint density at radius 3 is 1.76 bits per heavy atom. The zero-order valence-electron chi connectivity index (χ0n) is 26.2. The van der Waals surface area contributed by atoms with Crippen LogP contribution in [0.3, 0.4) is 0 Å². The van der Waals surface area contributed by atoms with Gasteiger partial charge >= 0.3 is 0 Å². The fourth-order valence-corrected chi connectivity index (χ4v) is 5.81. The van der Waals surface area contributed by atoms with Crippen LogP contribution in [0.15, 0.2) is 0 Å². The van der Waals surface area contributed by atoms with E-state index in [4.69, 9.17) is 5.73 Å². The lowest BCUT2D eigenvalue weighted by atomic mass is 10.1. The van der Waals surface area contributed by atoms with Crippen LogP contribution in [0.25, 0.3) is 0 Å². The lowest BCUT2D eigenvalue weighted by Gasteiger charge is -2.29. The van der Waals surface area contributed by atoms with Gasteiger partial charge in [-0.05, 0) is 12.8 Å². The predicted octanol–water partition coefficient (Wildman–Crippen LogP) is 5.46. The first-order valence-corrected chi connectivity index (χ1v) is 18.0. The standard InChI is InChI=1S/C20H42N2O.C10H22N2OS2/c1-4-5-6-7-8-9-10-11-12-13-14-15-18-22(2,3)19-16-17-20(21)23;1-4-14-15-9-7-11-10(13)6-5-8-12(2)3/h4-19H2,1-3H3,(H-,21,23);4-9H2,1-3H3,(H,11,13)/p+2. The van der Waals surface area contributed by atoms with Crippen molar-refractivity contribution in [3.63, 3.8) is 0 Å². The normalized spacial score (nSPS) is 11.3. The average Bonchev–Trinajstić information content (AvgIpc) is 2.84. The molecule has 0 atom stereocenters. The molecule has 0 rings (SSSR count). The van der Waals surface area contributed by atoms with E-state index in [0.29, 0.717) is 12.8 Å². The maximum atomic E-state index is 11.3. The van der Waals surface area contributed by atoms with Gasteiger partial charge in [0.25, 0.3) is 0 Å². The highest BCUT2D eigenvalue weighted by Gasteiger charge is 2.14. The van der Waals surface area contributed by atoms with E-state index in [2.05, 4.69) is 47.4 Å². The van der Waals surface area contributed by atoms with Crippen molar-refractivity contribution in [2.45, 2.75) is 117 Å². The first-order chi connectivity index (χ1) is 18.1. The summed E-state index contributed by atoms with van der Waals surface area (Å²) >= 11 is 0. The molecule has 0 fully saturated rings. The molecule has 0 unspecified atom stereocenters. The van der Waals surface area contributed by atoms with Gasteiger partial charge in [0.1, 0.15) is 0 Å². The lowest BCUT2D eigenvalue weighted by Crippen LogP contribution is -3.05. The molecule has 2 amide bonds. The van der Waals surface area contributed by atoms with Crippen LogP contribution in [0.2, 0.25) is 0 Å².